The van der Waals surface area contributed by atoms with Crippen molar-refractivity contribution in [3.63, 3.8) is 0 Å². The van der Waals surface area contributed by atoms with Crippen LogP contribution >= 0.6 is 0 Å². The lowest BCUT2D eigenvalue weighted by molar-refractivity contribution is -0.126. The van der Waals surface area contributed by atoms with Crippen LogP contribution in [0.15, 0.2) is 24.3 Å². The molecule has 3 rings (SSSR count). The monoisotopic (exact) mass is 356 g/mol. The van der Waals surface area contributed by atoms with Crippen LogP contribution in [0.2, 0.25) is 0 Å². The molecule has 0 spiro atoms. The Morgan fingerprint density at radius 2 is 1.58 bits per heavy atom. The smallest absolute Gasteiger partial charge is 0.253 e. The fourth-order valence-electron chi connectivity index (χ4n) is 4.10. The summed E-state index contributed by atoms with van der Waals surface area (Å²) in [5, 5.41) is 3.23. The maximum absolute atomic E-state index is 12.7. The Hall–Kier alpha value is -1.84. The average Bonchev–Trinajstić information content (AvgIpc) is 2.69. The van der Waals surface area contributed by atoms with Crippen molar-refractivity contribution in [2.75, 3.05) is 13.1 Å². The zero-order chi connectivity index (χ0) is 18.5. The minimum Gasteiger partial charge on any atom is -0.353 e. The zero-order valence-electron chi connectivity index (χ0n) is 16.2. The van der Waals surface area contributed by atoms with Crippen LogP contribution < -0.4 is 5.32 Å². The molecule has 1 N–H and O–H groups in total. The molecule has 1 aliphatic heterocycles. The van der Waals surface area contributed by atoms with Gasteiger partial charge < -0.3 is 10.2 Å². The van der Waals surface area contributed by atoms with Gasteiger partial charge in [0, 0.05) is 30.6 Å². The van der Waals surface area contributed by atoms with Gasteiger partial charge in [0.25, 0.3) is 5.91 Å². The van der Waals surface area contributed by atoms with Gasteiger partial charge in [-0.15, -0.1) is 0 Å². The van der Waals surface area contributed by atoms with E-state index in [4.69, 9.17) is 0 Å². The van der Waals surface area contributed by atoms with Crippen molar-refractivity contribution in [1.29, 1.82) is 0 Å². The van der Waals surface area contributed by atoms with Gasteiger partial charge in [0.05, 0.1) is 0 Å². The van der Waals surface area contributed by atoms with Crippen LogP contribution in [0.5, 0.6) is 0 Å². The average molecular weight is 357 g/mol. The standard InChI is InChI=1S/C22H32N2O2/c1-16(2)17-8-10-19(11-9-17)22(26)24-14-12-20(13-15-24)23-21(25)18-6-4-3-5-7-18/h8-11,16,18,20H,3-7,12-15H2,1-2H3,(H,23,25). The van der Waals surface area contributed by atoms with Gasteiger partial charge in [0.15, 0.2) is 0 Å². The molecule has 1 saturated heterocycles. The lowest BCUT2D eigenvalue weighted by Gasteiger charge is -2.33. The Balaban J connectivity index is 1.48. The number of carbonyl (C=O) groups excluding carboxylic acids is 2. The first-order chi connectivity index (χ1) is 12.5. The van der Waals surface area contributed by atoms with Gasteiger partial charge in [-0.1, -0.05) is 45.2 Å². The Bertz CT molecular complexity index is 610. The molecule has 26 heavy (non-hydrogen) atoms. The highest BCUT2D eigenvalue weighted by Crippen LogP contribution is 2.24. The molecular weight excluding hydrogens is 324 g/mol. The molecule has 1 heterocycles. The predicted octanol–water partition coefficient (Wildman–Crippen LogP) is 4.11. The van der Waals surface area contributed by atoms with Crippen LogP contribution in [0.25, 0.3) is 0 Å². The molecule has 2 fully saturated rings. The molecule has 4 heteroatoms. The highest BCUT2D eigenvalue weighted by atomic mass is 16.2. The summed E-state index contributed by atoms with van der Waals surface area (Å²) in [4.78, 5) is 27.0. The summed E-state index contributed by atoms with van der Waals surface area (Å²) in [5.74, 6) is 1.03. The number of rotatable bonds is 4. The number of hydrogen-bond donors (Lipinski definition) is 1. The van der Waals surface area contributed by atoms with Gasteiger partial charge in [0.2, 0.25) is 5.91 Å². The fourth-order valence-corrected chi connectivity index (χ4v) is 4.10. The van der Waals surface area contributed by atoms with E-state index in [1.807, 2.05) is 17.0 Å². The lowest BCUT2D eigenvalue weighted by atomic mass is 9.88. The minimum absolute atomic E-state index is 0.109. The third-order valence-electron chi connectivity index (χ3n) is 5.93. The molecule has 2 aliphatic rings. The summed E-state index contributed by atoms with van der Waals surface area (Å²) < 4.78 is 0. The number of piperidine rings is 1. The lowest BCUT2D eigenvalue weighted by Crippen LogP contribution is -2.48. The largest absolute Gasteiger partial charge is 0.353 e. The summed E-state index contributed by atoms with van der Waals surface area (Å²) in [6, 6.07) is 8.20. The molecule has 0 aromatic heterocycles. The van der Waals surface area contributed by atoms with Crippen molar-refractivity contribution in [3.05, 3.63) is 35.4 Å². The van der Waals surface area contributed by atoms with Crippen molar-refractivity contribution in [2.45, 2.75) is 70.8 Å². The van der Waals surface area contributed by atoms with Gasteiger partial charge in [-0.25, -0.2) is 0 Å². The first-order valence-corrected chi connectivity index (χ1v) is 10.2. The van der Waals surface area contributed by atoms with E-state index >= 15 is 0 Å². The molecule has 0 bridgehead atoms. The zero-order valence-corrected chi connectivity index (χ0v) is 16.2. The second-order valence-electron chi connectivity index (χ2n) is 8.19. The first kappa shape index (κ1) is 18.9. The molecule has 0 unspecified atom stereocenters. The SMILES string of the molecule is CC(C)c1ccc(C(=O)N2CCC(NC(=O)C3CCCCC3)CC2)cc1. The molecule has 0 radical (unpaired) electrons. The Morgan fingerprint density at radius 3 is 2.15 bits per heavy atom. The maximum Gasteiger partial charge on any atom is 0.253 e. The molecule has 1 aromatic rings. The normalized spacial score (nSPS) is 19.6. The third kappa shape index (κ3) is 4.66. The van der Waals surface area contributed by atoms with E-state index in [0.717, 1.165) is 44.3 Å². The van der Waals surface area contributed by atoms with E-state index in [0.29, 0.717) is 5.92 Å². The van der Waals surface area contributed by atoms with Crippen molar-refractivity contribution in [3.8, 4) is 0 Å². The fraction of sp³-hybridized carbons (Fsp3) is 0.636. The summed E-state index contributed by atoms with van der Waals surface area (Å²) >= 11 is 0. The Morgan fingerprint density at radius 1 is 0.962 bits per heavy atom. The van der Waals surface area contributed by atoms with E-state index in [2.05, 4.69) is 31.3 Å². The highest BCUT2D eigenvalue weighted by molar-refractivity contribution is 5.94. The number of hydrogen-bond acceptors (Lipinski definition) is 2. The number of amides is 2. The summed E-state index contributed by atoms with van der Waals surface area (Å²) in [5.41, 5.74) is 2.02. The molecule has 2 amide bonds. The molecule has 1 aromatic carbocycles. The summed E-state index contributed by atoms with van der Waals surface area (Å²) in [6.07, 6.45) is 7.41. The van der Waals surface area contributed by atoms with Gasteiger partial charge in [0.1, 0.15) is 0 Å². The van der Waals surface area contributed by atoms with Crippen LogP contribution in [-0.4, -0.2) is 35.8 Å². The van der Waals surface area contributed by atoms with Crippen LogP contribution in [0.4, 0.5) is 0 Å². The second kappa shape index (κ2) is 8.70. The van der Waals surface area contributed by atoms with Crippen LogP contribution in [-0.2, 0) is 4.79 Å². The molecule has 1 saturated carbocycles. The number of nitrogens with one attached hydrogen (secondary N) is 1. The van der Waals surface area contributed by atoms with Crippen molar-refractivity contribution in [2.24, 2.45) is 5.92 Å². The first-order valence-electron chi connectivity index (χ1n) is 10.2. The minimum atomic E-state index is 0.109. The maximum atomic E-state index is 12.7. The second-order valence-corrected chi connectivity index (χ2v) is 8.19. The van der Waals surface area contributed by atoms with Gasteiger partial charge >= 0.3 is 0 Å². The van der Waals surface area contributed by atoms with E-state index in [1.165, 1.54) is 24.8 Å². The third-order valence-corrected chi connectivity index (χ3v) is 5.93. The number of benzene rings is 1. The van der Waals surface area contributed by atoms with Gasteiger partial charge in [-0.3, -0.25) is 9.59 Å². The molecule has 142 valence electrons. The van der Waals surface area contributed by atoms with E-state index in [-0.39, 0.29) is 23.8 Å². The van der Waals surface area contributed by atoms with Crippen molar-refractivity contribution >= 4 is 11.8 Å². The van der Waals surface area contributed by atoms with E-state index in [9.17, 15) is 9.59 Å². The van der Waals surface area contributed by atoms with Crippen molar-refractivity contribution in [1.82, 2.24) is 10.2 Å². The van der Waals surface area contributed by atoms with Gasteiger partial charge in [-0.2, -0.15) is 0 Å². The Labute approximate surface area is 157 Å². The van der Waals surface area contributed by atoms with Crippen LogP contribution in [0.3, 0.4) is 0 Å². The Kier molecular flexibility index (Phi) is 6.33. The molecule has 1 aliphatic carbocycles. The number of carbonyl (C=O) groups is 2. The quantitative estimate of drug-likeness (QED) is 0.882. The van der Waals surface area contributed by atoms with E-state index < -0.39 is 0 Å². The van der Waals surface area contributed by atoms with Crippen LogP contribution in [0.1, 0.15) is 80.6 Å². The van der Waals surface area contributed by atoms with Crippen LogP contribution in [0, 0.1) is 5.92 Å². The molecular formula is C22H32N2O2. The molecule has 0 atom stereocenters. The number of nitrogens with zero attached hydrogens (tertiary/aromatic N) is 1. The van der Waals surface area contributed by atoms with Crippen molar-refractivity contribution < 1.29 is 9.59 Å². The number of likely N-dealkylation sites (tertiary alicyclic amines) is 1. The highest BCUT2D eigenvalue weighted by Gasteiger charge is 2.27. The topological polar surface area (TPSA) is 49.4 Å². The molecule has 4 nitrogen and oxygen atoms in total. The predicted molar refractivity (Wildman–Crippen MR) is 104 cm³/mol. The van der Waals surface area contributed by atoms with E-state index in [1.54, 1.807) is 0 Å². The summed E-state index contributed by atoms with van der Waals surface area (Å²) in [6.45, 7) is 5.76. The van der Waals surface area contributed by atoms with Gasteiger partial charge in [-0.05, 0) is 49.3 Å². The summed E-state index contributed by atoms with van der Waals surface area (Å²) in [7, 11) is 0.